The van der Waals surface area contributed by atoms with Crippen LogP contribution in [0.15, 0.2) is 16.1 Å². The zero-order chi connectivity index (χ0) is 12.5. The molecule has 0 aliphatic heterocycles. The summed E-state index contributed by atoms with van der Waals surface area (Å²) in [7, 11) is 0. The molecule has 0 aliphatic rings. The molecule has 1 unspecified atom stereocenters. The van der Waals surface area contributed by atoms with Crippen molar-refractivity contribution in [3.05, 3.63) is 17.4 Å². The van der Waals surface area contributed by atoms with Crippen molar-refractivity contribution >= 4 is 5.97 Å². The van der Waals surface area contributed by atoms with Crippen LogP contribution in [-0.2, 0) is 4.79 Å². The first-order chi connectivity index (χ1) is 7.34. The molecule has 7 nitrogen and oxygen atoms in total. The summed E-state index contributed by atoms with van der Waals surface area (Å²) in [6, 6.07) is 0. The van der Waals surface area contributed by atoms with Gasteiger partial charge < -0.3 is 29.9 Å². The van der Waals surface area contributed by atoms with E-state index in [2.05, 4.69) is 4.42 Å². The summed E-state index contributed by atoms with van der Waals surface area (Å²) in [4.78, 5) is 10.5. The van der Waals surface area contributed by atoms with E-state index in [1.165, 1.54) is 6.92 Å². The van der Waals surface area contributed by atoms with Gasteiger partial charge in [0.1, 0.15) is 6.10 Å². The molecule has 0 amide bonds. The maximum absolute atomic E-state index is 10.5. The van der Waals surface area contributed by atoms with Gasteiger partial charge in [-0.3, -0.25) is 0 Å². The average Bonchev–Trinajstić information content (AvgIpc) is 2.45. The van der Waals surface area contributed by atoms with E-state index in [9.17, 15) is 15.0 Å². The number of aromatic hydroxyl groups is 3. The number of aliphatic carboxylic acids is 1. The molecule has 1 atom stereocenters. The molecule has 88 valence electrons. The second-order valence-corrected chi connectivity index (χ2v) is 3.07. The van der Waals surface area contributed by atoms with Crippen molar-refractivity contribution in [1.29, 1.82) is 0 Å². The summed E-state index contributed by atoms with van der Waals surface area (Å²) in [6.45, 7) is 1.23. The molecule has 16 heavy (non-hydrogen) atoms. The number of hydrogen-bond donors (Lipinski definition) is 5. The summed E-state index contributed by atoms with van der Waals surface area (Å²) in [5.74, 6) is -4.48. The van der Waals surface area contributed by atoms with Gasteiger partial charge in [-0.1, -0.05) is 0 Å². The molecule has 0 spiro atoms. The summed E-state index contributed by atoms with van der Waals surface area (Å²) in [5.41, 5.74) is -0.178. The van der Waals surface area contributed by atoms with E-state index in [1.54, 1.807) is 0 Å². The van der Waals surface area contributed by atoms with Gasteiger partial charge >= 0.3 is 11.9 Å². The lowest BCUT2D eigenvalue weighted by molar-refractivity contribution is -0.132. The Hall–Kier alpha value is -2.15. The minimum atomic E-state index is -1.58. The first-order valence-electron chi connectivity index (χ1n) is 4.18. The van der Waals surface area contributed by atoms with Gasteiger partial charge in [0, 0.05) is 5.57 Å². The van der Waals surface area contributed by atoms with E-state index in [0.717, 1.165) is 6.08 Å². The predicted octanol–water partition coefficient (Wildman–Crippen LogP) is 0.461. The Kier molecular flexibility index (Phi) is 3.09. The highest BCUT2D eigenvalue weighted by Crippen LogP contribution is 2.43. The van der Waals surface area contributed by atoms with Crippen LogP contribution < -0.4 is 0 Å². The number of carbonyl (C=O) groups is 1. The Morgan fingerprint density at radius 1 is 1.31 bits per heavy atom. The molecule has 0 radical (unpaired) electrons. The quantitative estimate of drug-likeness (QED) is 0.476. The van der Waals surface area contributed by atoms with E-state index in [4.69, 9.17) is 15.3 Å². The number of carboxylic acid groups (broad SMARTS) is 1. The van der Waals surface area contributed by atoms with E-state index < -0.39 is 35.3 Å². The predicted molar refractivity (Wildman–Crippen MR) is 50.1 cm³/mol. The minimum absolute atomic E-state index is 0.178. The van der Waals surface area contributed by atoms with Crippen LogP contribution >= 0.6 is 0 Å². The Balaban J connectivity index is 3.06. The van der Waals surface area contributed by atoms with Crippen molar-refractivity contribution in [2.45, 2.75) is 13.0 Å². The first-order valence-corrected chi connectivity index (χ1v) is 4.18. The molecule has 0 aliphatic carbocycles. The summed E-state index contributed by atoms with van der Waals surface area (Å²) in [5, 5.41) is 45.0. The lowest BCUT2D eigenvalue weighted by atomic mass is 10.2. The summed E-state index contributed by atoms with van der Waals surface area (Å²) < 4.78 is 4.46. The Bertz CT molecular complexity index is 443. The molecular formula is C9H10O7. The van der Waals surface area contributed by atoms with Gasteiger partial charge in [0.05, 0.1) is 0 Å². The second kappa shape index (κ2) is 4.15. The maximum Gasteiger partial charge on any atom is 0.331 e. The molecular weight excluding hydrogens is 220 g/mol. The van der Waals surface area contributed by atoms with Gasteiger partial charge in [-0.05, 0) is 13.0 Å². The maximum atomic E-state index is 10.5. The molecule has 0 saturated carbocycles. The molecule has 0 bridgehead atoms. The van der Waals surface area contributed by atoms with E-state index in [0.29, 0.717) is 0 Å². The molecule has 1 aromatic heterocycles. The van der Waals surface area contributed by atoms with E-state index in [1.807, 2.05) is 0 Å². The largest absolute Gasteiger partial charge is 0.502 e. The van der Waals surface area contributed by atoms with Crippen LogP contribution in [0.5, 0.6) is 17.4 Å². The van der Waals surface area contributed by atoms with Gasteiger partial charge in [-0.2, -0.15) is 0 Å². The summed E-state index contributed by atoms with van der Waals surface area (Å²) >= 11 is 0. The highest BCUT2D eigenvalue weighted by Gasteiger charge is 2.24. The van der Waals surface area contributed by atoms with Crippen LogP contribution in [0.1, 0.15) is 18.8 Å². The number of furan rings is 1. The van der Waals surface area contributed by atoms with Crippen LogP contribution in [0, 0.1) is 0 Å². The van der Waals surface area contributed by atoms with Crippen LogP contribution in [0.4, 0.5) is 0 Å². The monoisotopic (exact) mass is 230 g/mol. The number of rotatable bonds is 3. The van der Waals surface area contributed by atoms with Crippen LogP contribution in [0.3, 0.4) is 0 Å². The van der Waals surface area contributed by atoms with Crippen molar-refractivity contribution < 1.29 is 34.7 Å². The van der Waals surface area contributed by atoms with Gasteiger partial charge in [-0.25, -0.2) is 4.79 Å². The van der Waals surface area contributed by atoms with Gasteiger partial charge in [0.2, 0.25) is 11.5 Å². The fourth-order valence-corrected chi connectivity index (χ4v) is 1.00. The topological polar surface area (TPSA) is 131 Å². The molecule has 7 heteroatoms. The number of aliphatic hydroxyl groups excluding tert-OH is 1. The fraction of sp³-hybridized carbons (Fsp3) is 0.222. The van der Waals surface area contributed by atoms with Crippen LogP contribution in [0.2, 0.25) is 0 Å². The normalized spacial score (nSPS) is 13.8. The first kappa shape index (κ1) is 11.9. The fourth-order valence-electron chi connectivity index (χ4n) is 1.00. The van der Waals surface area contributed by atoms with E-state index >= 15 is 0 Å². The number of aliphatic hydroxyl groups is 1. The molecule has 1 rings (SSSR count). The lowest BCUT2D eigenvalue weighted by Crippen LogP contribution is -2.00. The molecule has 1 aromatic rings. The van der Waals surface area contributed by atoms with Crippen LogP contribution in [-0.4, -0.2) is 31.5 Å². The minimum Gasteiger partial charge on any atom is -0.502 e. The van der Waals surface area contributed by atoms with Crippen molar-refractivity contribution in [3.8, 4) is 17.4 Å². The highest BCUT2D eigenvalue weighted by molar-refractivity contribution is 5.85. The Labute approximate surface area is 89.5 Å². The molecule has 0 saturated heterocycles. The third kappa shape index (κ3) is 2.09. The second-order valence-electron chi connectivity index (χ2n) is 3.07. The SMILES string of the molecule is CC(=CC(O)c1oc(O)c(O)c1O)C(=O)O. The number of carboxylic acids is 1. The molecule has 5 N–H and O–H groups in total. The van der Waals surface area contributed by atoms with Gasteiger partial charge in [-0.15, -0.1) is 0 Å². The van der Waals surface area contributed by atoms with Crippen molar-refractivity contribution in [2.75, 3.05) is 0 Å². The third-order valence-electron chi connectivity index (χ3n) is 1.88. The van der Waals surface area contributed by atoms with Gasteiger partial charge in [0.15, 0.2) is 5.76 Å². The van der Waals surface area contributed by atoms with Crippen molar-refractivity contribution in [3.63, 3.8) is 0 Å². The van der Waals surface area contributed by atoms with Crippen LogP contribution in [0.25, 0.3) is 0 Å². The molecule has 1 heterocycles. The Morgan fingerprint density at radius 2 is 1.88 bits per heavy atom. The molecule has 0 aromatic carbocycles. The highest BCUT2D eigenvalue weighted by atomic mass is 16.5. The van der Waals surface area contributed by atoms with Crippen molar-refractivity contribution in [1.82, 2.24) is 0 Å². The Morgan fingerprint density at radius 3 is 2.25 bits per heavy atom. The molecule has 0 fully saturated rings. The summed E-state index contributed by atoms with van der Waals surface area (Å²) in [6.07, 6.45) is -0.692. The smallest absolute Gasteiger partial charge is 0.331 e. The lowest BCUT2D eigenvalue weighted by Gasteiger charge is -2.02. The van der Waals surface area contributed by atoms with Gasteiger partial charge in [0.25, 0.3) is 0 Å². The average molecular weight is 230 g/mol. The standard InChI is InChI=1S/C9H10O7/c1-3(8(13)14)2-4(10)7-5(11)6(12)9(15)16-7/h2,4,10-12,15H,1H3,(H,13,14). The third-order valence-corrected chi connectivity index (χ3v) is 1.88. The zero-order valence-corrected chi connectivity index (χ0v) is 8.21. The van der Waals surface area contributed by atoms with E-state index in [-0.39, 0.29) is 5.57 Å². The van der Waals surface area contributed by atoms with Crippen molar-refractivity contribution in [2.24, 2.45) is 0 Å². The number of hydrogen-bond acceptors (Lipinski definition) is 6. The zero-order valence-electron chi connectivity index (χ0n) is 8.21.